The van der Waals surface area contributed by atoms with Crippen LogP contribution in [-0.2, 0) is 6.18 Å². The van der Waals surface area contributed by atoms with Crippen molar-refractivity contribution in [2.24, 2.45) is 0 Å². The first-order valence-electron chi connectivity index (χ1n) is 8.31. The fraction of sp³-hybridized carbons (Fsp3) is 0.444. The van der Waals surface area contributed by atoms with Gasteiger partial charge in [0.2, 0.25) is 5.95 Å². The second-order valence-electron chi connectivity index (χ2n) is 6.48. The lowest BCUT2D eigenvalue weighted by atomic mass is 9.97. The van der Waals surface area contributed by atoms with E-state index in [9.17, 15) is 13.2 Å². The molecule has 140 valence electrons. The Morgan fingerprint density at radius 2 is 1.92 bits per heavy atom. The molecular weight excluding hydrogens is 345 g/mol. The molecule has 0 N–H and O–H groups in total. The van der Waals surface area contributed by atoms with Crippen molar-refractivity contribution in [1.82, 2.24) is 9.97 Å². The van der Waals surface area contributed by atoms with E-state index in [0.717, 1.165) is 23.8 Å². The molecule has 1 unspecified atom stereocenters. The molecule has 0 aliphatic carbocycles. The molecule has 0 bridgehead atoms. The summed E-state index contributed by atoms with van der Waals surface area (Å²) in [6, 6.07) is 8.69. The Balaban J connectivity index is 1.89. The third kappa shape index (κ3) is 3.68. The second kappa shape index (κ2) is 7.01. The van der Waals surface area contributed by atoms with Gasteiger partial charge in [-0.05, 0) is 18.1 Å². The van der Waals surface area contributed by atoms with Crippen LogP contribution in [0.2, 0.25) is 0 Å². The molecule has 1 aliphatic rings. The van der Waals surface area contributed by atoms with Crippen LogP contribution in [0.1, 0.15) is 23.6 Å². The van der Waals surface area contributed by atoms with Gasteiger partial charge in [0.15, 0.2) is 5.69 Å². The molecule has 5 nitrogen and oxygen atoms in total. The number of hydrogen-bond acceptors (Lipinski definition) is 5. The second-order valence-corrected chi connectivity index (χ2v) is 6.48. The Kier molecular flexibility index (Phi) is 4.93. The average molecular weight is 366 g/mol. The molecule has 0 amide bonds. The zero-order valence-electron chi connectivity index (χ0n) is 14.9. The SMILES string of the molecule is COc1ccccc1C1CCN(c2nc(N(C)C)cc(C(F)(F)F)n2)C1. The highest BCUT2D eigenvalue weighted by Gasteiger charge is 2.35. The molecule has 8 heteroatoms. The molecule has 0 radical (unpaired) electrons. The van der Waals surface area contributed by atoms with Crippen LogP contribution in [-0.4, -0.2) is 44.3 Å². The Morgan fingerprint density at radius 1 is 1.19 bits per heavy atom. The number of rotatable bonds is 4. The first-order chi connectivity index (χ1) is 12.3. The van der Waals surface area contributed by atoms with Gasteiger partial charge in [0, 0.05) is 39.2 Å². The molecule has 1 atom stereocenters. The maximum Gasteiger partial charge on any atom is 0.433 e. The summed E-state index contributed by atoms with van der Waals surface area (Å²) in [7, 11) is 4.94. The maximum absolute atomic E-state index is 13.2. The molecule has 3 rings (SSSR count). The molecule has 1 aromatic heterocycles. The van der Waals surface area contributed by atoms with Crippen molar-refractivity contribution in [2.45, 2.75) is 18.5 Å². The topological polar surface area (TPSA) is 41.5 Å². The van der Waals surface area contributed by atoms with E-state index in [1.54, 1.807) is 31.0 Å². The molecule has 1 fully saturated rings. The van der Waals surface area contributed by atoms with Gasteiger partial charge in [-0.25, -0.2) is 4.98 Å². The van der Waals surface area contributed by atoms with Gasteiger partial charge in [-0.1, -0.05) is 18.2 Å². The summed E-state index contributed by atoms with van der Waals surface area (Å²) < 4.78 is 45.0. The summed E-state index contributed by atoms with van der Waals surface area (Å²) >= 11 is 0. The van der Waals surface area contributed by atoms with E-state index in [-0.39, 0.29) is 17.7 Å². The third-order valence-electron chi connectivity index (χ3n) is 4.50. The van der Waals surface area contributed by atoms with E-state index < -0.39 is 11.9 Å². The van der Waals surface area contributed by atoms with Gasteiger partial charge in [-0.15, -0.1) is 0 Å². The number of hydrogen-bond donors (Lipinski definition) is 0. The lowest BCUT2D eigenvalue weighted by molar-refractivity contribution is -0.141. The molecule has 0 saturated carbocycles. The summed E-state index contributed by atoms with van der Waals surface area (Å²) in [4.78, 5) is 11.4. The van der Waals surface area contributed by atoms with Crippen LogP contribution >= 0.6 is 0 Å². The molecular formula is C18H21F3N4O. The Hall–Kier alpha value is -2.51. The average Bonchev–Trinajstić information content (AvgIpc) is 3.10. The third-order valence-corrected chi connectivity index (χ3v) is 4.50. The van der Waals surface area contributed by atoms with Crippen LogP contribution in [0.25, 0.3) is 0 Å². The van der Waals surface area contributed by atoms with E-state index in [4.69, 9.17) is 4.74 Å². The normalized spacial score (nSPS) is 17.5. The minimum absolute atomic E-state index is 0.112. The van der Waals surface area contributed by atoms with Crippen molar-refractivity contribution in [1.29, 1.82) is 0 Å². The minimum Gasteiger partial charge on any atom is -0.496 e. The molecule has 26 heavy (non-hydrogen) atoms. The highest BCUT2D eigenvalue weighted by Crippen LogP contribution is 2.36. The van der Waals surface area contributed by atoms with Crippen LogP contribution < -0.4 is 14.5 Å². The highest BCUT2D eigenvalue weighted by atomic mass is 19.4. The number of methoxy groups -OCH3 is 1. The van der Waals surface area contributed by atoms with Crippen LogP contribution in [0.3, 0.4) is 0 Å². The molecule has 1 aromatic carbocycles. The summed E-state index contributed by atoms with van der Waals surface area (Å²) in [6.45, 7) is 1.14. The predicted octanol–water partition coefficient (Wildman–Crippen LogP) is 3.56. The highest BCUT2D eigenvalue weighted by molar-refractivity contribution is 5.47. The van der Waals surface area contributed by atoms with Crippen LogP contribution in [0.15, 0.2) is 30.3 Å². The van der Waals surface area contributed by atoms with Crippen molar-refractivity contribution < 1.29 is 17.9 Å². The molecule has 0 spiro atoms. The Morgan fingerprint density at radius 3 is 2.58 bits per heavy atom. The van der Waals surface area contributed by atoms with Gasteiger partial charge in [0.25, 0.3) is 0 Å². The maximum atomic E-state index is 13.2. The van der Waals surface area contributed by atoms with E-state index in [1.807, 2.05) is 24.3 Å². The number of alkyl halides is 3. The van der Waals surface area contributed by atoms with Crippen LogP contribution in [0.4, 0.5) is 24.9 Å². The van der Waals surface area contributed by atoms with Crippen molar-refractivity contribution >= 4 is 11.8 Å². The van der Waals surface area contributed by atoms with E-state index in [2.05, 4.69) is 9.97 Å². The van der Waals surface area contributed by atoms with Gasteiger partial charge in [-0.3, -0.25) is 0 Å². The molecule has 1 saturated heterocycles. The van der Waals surface area contributed by atoms with Crippen LogP contribution in [0.5, 0.6) is 5.75 Å². The summed E-state index contributed by atoms with van der Waals surface area (Å²) in [5.74, 6) is 1.30. The smallest absolute Gasteiger partial charge is 0.433 e. The van der Waals surface area contributed by atoms with Gasteiger partial charge >= 0.3 is 6.18 Å². The summed E-state index contributed by atoms with van der Waals surface area (Å²) in [5.41, 5.74) is 0.129. The lowest BCUT2D eigenvalue weighted by Crippen LogP contribution is -2.25. The number of anilines is 2. The van der Waals surface area contributed by atoms with E-state index >= 15 is 0 Å². The lowest BCUT2D eigenvalue weighted by Gasteiger charge is -2.21. The number of para-hydroxylation sites is 1. The zero-order chi connectivity index (χ0) is 18.9. The minimum atomic E-state index is -4.51. The molecule has 1 aliphatic heterocycles. The quantitative estimate of drug-likeness (QED) is 0.828. The number of aromatic nitrogens is 2. The predicted molar refractivity (Wildman–Crippen MR) is 93.9 cm³/mol. The number of benzene rings is 1. The fourth-order valence-corrected chi connectivity index (χ4v) is 3.14. The van der Waals surface area contributed by atoms with Gasteiger partial charge < -0.3 is 14.5 Å². The van der Waals surface area contributed by atoms with Crippen molar-refractivity contribution in [3.63, 3.8) is 0 Å². The molecule has 2 aromatic rings. The van der Waals surface area contributed by atoms with Gasteiger partial charge in [0.1, 0.15) is 11.6 Å². The molecule has 2 heterocycles. The van der Waals surface area contributed by atoms with Crippen molar-refractivity contribution in [3.8, 4) is 5.75 Å². The monoisotopic (exact) mass is 366 g/mol. The Labute approximate surface area is 150 Å². The van der Waals surface area contributed by atoms with Crippen LogP contribution in [0, 0.1) is 0 Å². The van der Waals surface area contributed by atoms with Gasteiger partial charge in [0.05, 0.1) is 7.11 Å². The van der Waals surface area contributed by atoms with Crippen molar-refractivity contribution in [3.05, 3.63) is 41.6 Å². The summed E-state index contributed by atoms with van der Waals surface area (Å²) in [6.07, 6.45) is -3.71. The fourth-order valence-electron chi connectivity index (χ4n) is 3.14. The van der Waals surface area contributed by atoms with E-state index in [1.165, 1.54) is 0 Å². The number of halogens is 3. The first kappa shape index (κ1) is 18.3. The summed E-state index contributed by atoms with van der Waals surface area (Å²) in [5, 5.41) is 0. The van der Waals surface area contributed by atoms with Gasteiger partial charge in [-0.2, -0.15) is 18.2 Å². The number of nitrogens with zero attached hydrogens (tertiary/aromatic N) is 4. The van der Waals surface area contributed by atoms with E-state index in [0.29, 0.717) is 13.1 Å². The zero-order valence-corrected chi connectivity index (χ0v) is 14.9. The Bertz CT molecular complexity index is 779. The standard InChI is InChI=1S/C18H21F3N4O/c1-24(2)16-10-15(18(19,20)21)22-17(23-16)25-9-8-12(11-25)13-6-4-5-7-14(13)26-3/h4-7,10,12H,8-9,11H2,1-3H3. The first-order valence-corrected chi connectivity index (χ1v) is 8.31. The largest absolute Gasteiger partial charge is 0.496 e. The number of ether oxygens (including phenoxy) is 1. The van der Waals surface area contributed by atoms with Crippen molar-refractivity contribution in [2.75, 3.05) is 44.1 Å².